The number of fused-ring (bicyclic) bond motifs is 6. The molecule has 1 N–H and O–H groups in total. The molecular formula is C72H51BrN2S2. The first kappa shape index (κ1) is 49.1. The number of halogens is 1. The SMILES string of the molecule is Brc1ccc(-c2cccc3c2sc2ccccc23)cc1.c1ccc(-c2ccc(N(c3ccccc3)c3ccc(-c4cccc5c4sc4ccccc45)cc3)cc2)cc1.c1ccc(Nc2ccc(-c3ccccc3)cc2)cc1. The first-order valence-corrected chi connectivity index (χ1v) is 28.2. The molecule has 0 fully saturated rings. The van der Waals surface area contributed by atoms with Crippen LogP contribution in [0.1, 0.15) is 0 Å². The third-order valence-corrected chi connectivity index (χ3v) is 16.7. The molecule has 12 aromatic carbocycles. The Morgan fingerprint density at radius 1 is 0.260 bits per heavy atom. The number of hydrogen-bond acceptors (Lipinski definition) is 4. The predicted octanol–water partition coefficient (Wildman–Crippen LogP) is 22.4. The topological polar surface area (TPSA) is 15.3 Å². The Morgan fingerprint density at radius 2 is 0.597 bits per heavy atom. The van der Waals surface area contributed by atoms with Crippen molar-refractivity contribution < 1.29 is 0 Å². The van der Waals surface area contributed by atoms with E-state index < -0.39 is 0 Å². The van der Waals surface area contributed by atoms with Gasteiger partial charge in [-0.2, -0.15) is 0 Å². The summed E-state index contributed by atoms with van der Waals surface area (Å²) in [6, 6.07) is 107. The maximum atomic E-state index is 3.50. The van der Waals surface area contributed by atoms with E-state index in [0.717, 1.165) is 32.9 Å². The Bertz CT molecular complexity index is 4200. The lowest BCUT2D eigenvalue weighted by Gasteiger charge is -2.26. The Morgan fingerprint density at radius 3 is 1.08 bits per heavy atom. The van der Waals surface area contributed by atoms with E-state index in [1.54, 1.807) is 0 Å². The van der Waals surface area contributed by atoms with Gasteiger partial charge in [-0.15, -0.1) is 22.7 Å². The number of rotatable bonds is 9. The van der Waals surface area contributed by atoms with Crippen LogP contribution in [0.15, 0.2) is 308 Å². The fourth-order valence-electron chi connectivity index (χ4n) is 9.89. The average molecular weight is 1090 g/mol. The monoisotopic (exact) mass is 1090 g/mol. The number of para-hydroxylation sites is 2. The Kier molecular flexibility index (Phi) is 14.6. The molecule has 368 valence electrons. The molecule has 14 rings (SSSR count). The molecule has 0 radical (unpaired) electrons. The van der Waals surface area contributed by atoms with E-state index in [-0.39, 0.29) is 0 Å². The standard InChI is InChI=1S/C36H25NS.C18H11BrS.C18H15N/c1-3-10-26(11-4-1)27-18-22-30(23-19-27)37(29-12-5-2-6-13-29)31-24-20-28(21-25-31)32-15-9-16-34-33-14-7-8-17-35(33)38-36(32)34;19-13-10-8-12(9-11-13)14-5-3-6-16-15-4-1-2-7-17(15)20-18(14)16;1-3-7-15(8-4-1)16-11-13-18(14-12-16)19-17-9-5-2-6-10-17/h1-25H;1-11H;1-14,19H. The molecule has 0 aliphatic heterocycles. The Balaban J connectivity index is 0.000000128. The summed E-state index contributed by atoms with van der Waals surface area (Å²) in [6.45, 7) is 0. The molecule has 0 aliphatic carbocycles. The number of benzene rings is 12. The lowest BCUT2D eigenvalue weighted by molar-refractivity contribution is 1.28. The zero-order chi connectivity index (χ0) is 51.8. The second-order valence-electron chi connectivity index (χ2n) is 18.6. The van der Waals surface area contributed by atoms with Crippen molar-refractivity contribution >= 4 is 107 Å². The highest BCUT2D eigenvalue weighted by molar-refractivity contribution is 9.10. The molecule has 0 saturated heterocycles. The van der Waals surface area contributed by atoms with Crippen LogP contribution in [0.2, 0.25) is 0 Å². The minimum atomic E-state index is 1.10. The molecule has 77 heavy (non-hydrogen) atoms. The van der Waals surface area contributed by atoms with Gasteiger partial charge in [0, 0.05) is 73.3 Å². The van der Waals surface area contributed by atoms with Crippen LogP contribution >= 0.6 is 38.6 Å². The van der Waals surface area contributed by atoms with Gasteiger partial charge in [-0.1, -0.05) is 234 Å². The number of anilines is 5. The van der Waals surface area contributed by atoms with Crippen molar-refractivity contribution in [1.82, 2.24) is 0 Å². The molecule has 0 amide bonds. The van der Waals surface area contributed by atoms with Crippen molar-refractivity contribution in [1.29, 1.82) is 0 Å². The summed E-state index contributed by atoms with van der Waals surface area (Å²) < 4.78 is 6.52. The summed E-state index contributed by atoms with van der Waals surface area (Å²) in [7, 11) is 0. The van der Waals surface area contributed by atoms with E-state index in [0.29, 0.717) is 0 Å². The van der Waals surface area contributed by atoms with Crippen LogP contribution in [0.25, 0.3) is 84.9 Å². The van der Waals surface area contributed by atoms with Gasteiger partial charge in [0.15, 0.2) is 0 Å². The van der Waals surface area contributed by atoms with Gasteiger partial charge in [0.2, 0.25) is 0 Å². The second kappa shape index (κ2) is 23.0. The summed E-state index contributed by atoms with van der Waals surface area (Å²) in [4.78, 5) is 2.32. The molecular weight excluding hydrogens is 1040 g/mol. The number of nitrogens with zero attached hydrogens (tertiary/aromatic N) is 1. The molecule has 2 heterocycles. The molecule has 5 heteroatoms. The highest BCUT2D eigenvalue weighted by Crippen LogP contribution is 2.43. The third kappa shape index (κ3) is 11.0. The Labute approximate surface area is 466 Å². The maximum absolute atomic E-state index is 3.50. The third-order valence-electron chi connectivity index (χ3n) is 13.7. The van der Waals surface area contributed by atoms with Crippen LogP contribution in [0.4, 0.5) is 28.4 Å². The molecule has 0 spiro atoms. The summed E-state index contributed by atoms with van der Waals surface area (Å²) in [5, 5.41) is 8.75. The largest absolute Gasteiger partial charge is 0.356 e. The fourth-order valence-corrected chi connectivity index (χ4v) is 12.6. The first-order valence-electron chi connectivity index (χ1n) is 25.7. The van der Waals surface area contributed by atoms with Crippen LogP contribution in [-0.4, -0.2) is 0 Å². The first-order chi connectivity index (χ1) is 38.1. The summed E-state index contributed by atoms with van der Waals surface area (Å²) in [5.41, 5.74) is 15.6. The van der Waals surface area contributed by atoms with Gasteiger partial charge < -0.3 is 10.2 Å². The van der Waals surface area contributed by atoms with Crippen molar-refractivity contribution in [2.45, 2.75) is 0 Å². The molecule has 0 saturated carbocycles. The van der Waals surface area contributed by atoms with Crippen LogP contribution < -0.4 is 10.2 Å². The number of nitrogens with one attached hydrogen (secondary N) is 1. The van der Waals surface area contributed by atoms with E-state index in [9.17, 15) is 0 Å². The van der Waals surface area contributed by atoms with Crippen LogP contribution in [0.3, 0.4) is 0 Å². The average Bonchev–Trinajstić information content (AvgIpc) is 4.15. The van der Waals surface area contributed by atoms with Gasteiger partial charge in [0.1, 0.15) is 0 Å². The lowest BCUT2D eigenvalue weighted by Crippen LogP contribution is -2.09. The van der Waals surface area contributed by atoms with Crippen molar-refractivity contribution in [3.8, 4) is 44.5 Å². The van der Waals surface area contributed by atoms with E-state index in [1.165, 1.54) is 84.9 Å². The zero-order valence-corrected chi connectivity index (χ0v) is 45.2. The molecule has 0 atom stereocenters. The smallest absolute Gasteiger partial charge is 0.0462 e. The van der Waals surface area contributed by atoms with E-state index in [1.807, 2.05) is 46.9 Å². The quantitative estimate of drug-likeness (QED) is 0.155. The maximum Gasteiger partial charge on any atom is 0.0462 e. The van der Waals surface area contributed by atoms with Crippen molar-refractivity contribution in [2.75, 3.05) is 10.2 Å². The van der Waals surface area contributed by atoms with E-state index >= 15 is 0 Å². The normalized spacial score (nSPS) is 10.9. The van der Waals surface area contributed by atoms with E-state index in [4.69, 9.17) is 0 Å². The zero-order valence-electron chi connectivity index (χ0n) is 42.0. The molecule has 0 aliphatic rings. The van der Waals surface area contributed by atoms with Crippen molar-refractivity contribution in [2.24, 2.45) is 0 Å². The molecule has 2 nitrogen and oxygen atoms in total. The van der Waals surface area contributed by atoms with Gasteiger partial charge in [0.25, 0.3) is 0 Å². The highest BCUT2D eigenvalue weighted by Gasteiger charge is 2.15. The predicted molar refractivity (Wildman–Crippen MR) is 339 cm³/mol. The van der Waals surface area contributed by atoms with Gasteiger partial charge in [-0.05, 0) is 129 Å². The van der Waals surface area contributed by atoms with Crippen LogP contribution in [0.5, 0.6) is 0 Å². The second-order valence-corrected chi connectivity index (χ2v) is 21.7. The van der Waals surface area contributed by atoms with Crippen molar-refractivity contribution in [3.05, 3.63) is 308 Å². The molecule has 0 bridgehead atoms. The summed E-state index contributed by atoms with van der Waals surface area (Å²) >= 11 is 7.25. The summed E-state index contributed by atoms with van der Waals surface area (Å²) in [5.74, 6) is 0. The highest BCUT2D eigenvalue weighted by atomic mass is 79.9. The van der Waals surface area contributed by atoms with Gasteiger partial charge in [-0.25, -0.2) is 0 Å². The van der Waals surface area contributed by atoms with Crippen LogP contribution in [0, 0.1) is 0 Å². The van der Waals surface area contributed by atoms with E-state index in [2.05, 4.69) is 305 Å². The number of thiophene rings is 2. The molecule has 2 aromatic heterocycles. The van der Waals surface area contributed by atoms with Gasteiger partial charge in [-0.3, -0.25) is 0 Å². The van der Waals surface area contributed by atoms with Crippen LogP contribution in [-0.2, 0) is 0 Å². The van der Waals surface area contributed by atoms with Crippen molar-refractivity contribution in [3.63, 3.8) is 0 Å². The summed E-state index contributed by atoms with van der Waals surface area (Å²) in [6.07, 6.45) is 0. The Hall–Kier alpha value is -8.84. The van der Waals surface area contributed by atoms with Gasteiger partial charge in [0.05, 0.1) is 0 Å². The minimum absolute atomic E-state index is 1.10. The minimum Gasteiger partial charge on any atom is -0.356 e. The lowest BCUT2D eigenvalue weighted by atomic mass is 10.0. The number of hydrogen-bond donors (Lipinski definition) is 1. The molecule has 14 aromatic rings. The fraction of sp³-hybridized carbons (Fsp3) is 0. The van der Waals surface area contributed by atoms with Gasteiger partial charge >= 0.3 is 0 Å². The molecule has 0 unspecified atom stereocenters.